The molecular weight excluding hydrogens is 230 g/mol. The predicted octanol–water partition coefficient (Wildman–Crippen LogP) is 2.58. The SMILES string of the molecule is [N-]=[N+]=NCCC=Cc1ccc(-c2nn[nH]n2)cc1. The average molecular weight is 241 g/mol. The normalized spacial score (nSPS) is 10.4. The Bertz CT molecular complexity index is 550. The highest BCUT2D eigenvalue weighted by molar-refractivity contribution is 5.59. The summed E-state index contributed by atoms with van der Waals surface area (Å²) < 4.78 is 0. The zero-order valence-electron chi connectivity index (χ0n) is 9.56. The first kappa shape index (κ1) is 11.8. The maximum absolute atomic E-state index is 8.12. The molecule has 0 aliphatic heterocycles. The van der Waals surface area contributed by atoms with Crippen molar-refractivity contribution in [1.82, 2.24) is 20.6 Å². The van der Waals surface area contributed by atoms with E-state index in [-0.39, 0.29) is 0 Å². The van der Waals surface area contributed by atoms with E-state index >= 15 is 0 Å². The van der Waals surface area contributed by atoms with E-state index in [1.165, 1.54) is 0 Å². The van der Waals surface area contributed by atoms with Crippen LogP contribution in [0.5, 0.6) is 0 Å². The summed E-state index contributed by atoms with van der Waals surface area (Å²) >= 11 is 0. The summed E-state index contributed by atoms with van der Waals surface area (Å²) in [5.74, 6) is 0.578. The molecule has 0 saturated carbocycles. The molecule has 2 rings (SSSR count). The van der Waals surface area contributed by atoms with Crippen LogP contribution in [0, 0.1) is 0 Å². The van der Waals surface area contributed by atoms with E-state index in [0.29, 0.717) is 12.4 Å². The van der Waals surface area contributed by atoms with Crippen LogP contribution in [-0.4, -0.2) is 27.2 Å². The number of hydrogen-bond acceptors (Lipinski definition) is 4. The van der Waals surface area contributed by atoms with Gasteiger partial charge in [-0.05, 0) is 22.7 Å². The van der Waals surface area contributed by atoms with Crippen LogP contribution in [0.1, 0.15) is 12.0 Å². The fourth-order valence-corrected chi connectivity index (χ4v) is 1.42. The molecule has 1 aromatic heterocycles. The lowest BCUT2D eigenvalue weighted by Gasteiger charge is -1.96. The van der Waals surface area contributed by atoms with Gasteiger partial charge < -0.3 is 0 Å². The fraction of sp³-hybridized carbons (Fsp3) is 0.182. The minimum atomic E-state index is 0.480. The van der Waals surface area contributed by atoms with E-state index < -0.39 is 0 Å². The van der Waals surface area contributed by atoms with Crippen molar-refractivity contribution < 1.29 is 0 Å². The van der Waals surface area contributed by atoms with E-state index in [9.17, 15) is 0 Å². The number of nitrogens with one attached hydrogen (secondary N) is 1. The lowest BCUT2D eigenvalue weighted by molar-refractivity contribution is 0.881. The molecule has 1 heterocycles. The number of benzene rings is 1. The van der Waals surface area contributed by atoms with Crippen molar-refractivity contribution in [3.05, 3.63) is 46.3 Å². The van der Waals surface area contributed by atoms with Crippen LogP contribution < -0.4 is 0 Å². The Kier molecular flexibility index (Phi) is 4.05. The van der Waals surface area contributed by atoms with Gasteiger partial charge in [0, 0.05) is 17.0 Å². The predicted molar refractivity (Wildman–Crippen MR) is 67.3 cm³/mol. The zero-order chi connectivity index (χ0) is 12.6. The summed E-state index contributed by atoms with van der Waals surface area (Å²) in [4.78, 5) is 2.69. The van der Waals surface area contributed by atoms with Gasteiger partial charge in [0.1, 0.15) is 0 Å². The summed E-state index contributed by atoms with van der Waals surface area (Å²) in [6.07, 6.45) is 4.68. The number of tetrazole rings is 1. The number of H-pyrrole nitrogens is 1. The second-order valence-corrected chi connectivity index (χ2v) is 3.50. The molecule has 0 spiro atoms. The molecule has 7 heteroatoms. The van der Waals surface area contributed by atoms with Crippen molar-refractivity contribution in [2.45, 2.75) is 6.42 Å². The Balaban J connectivity index is 1.97. The summed E-state index contributed by atoms with van der Waals surface area (Å²) in [7, 11) is 0. The number of rotatable bonds is 5. The van der Waals surface area contributed by atoms with Crippen molar-refractivity contribution in [3.8, 4) is 11.4 Å². The number of nitrogens with zero attached hydrogens (tertiary/aromatic N) is 6. The fourth-order valence-electron chi connectivity index (χ4n) is 1.42. The largest absolute Gasteiger partial charge is 0.204 e. The molecule has 0 radical (unpaired) electrons. The van der Waals surface area contributed by atoms with Gasteiger partial charge in [-0.2, -0.15) is 5.21 Å². The molecule has 90 valence electrons. The molecule has 0 fully saturated rings. The summed E-state index contributed by atoms with van der Waals surface area (Å²) in [5, 5.41) is 17.2. The third kappa shape index (κ3) is 3.16. The van der Waals surface area contributed by atoms with Crippen molar-refractivity contribution in [1.29, 1.82) is 0 Å². The van der Waals surface area contributed by atoms with Gasteiger partial charge in [-0.15, -0.1) is 10.2 Å². The van der Waals surface area contributed by atoms with Crippen molar-refractivity contribution in [2.24, 2.45) is 5.11 Å². The maximum atomic E-state index is 8.12. The van der Waals surface area contributed by atoms with Gasteiger partial charge in [0.2, 0.25) is 5.82 Å². The van der Waals surface area contributed by atoms with Gasteiger partial charge >= 0.3 is 0 Å². The van der Waals surface area contributed by atoms with E-state index in [1.54, 1.807) is 0 Å². The van der Waals surface area contributed by atoms with Crippen LogP contribution in [0.3, 0.4) is 0 Å². The van der Waals surface area contributed by atoms with Crippen LogP contribution in [0.4, 0.5) is 0 Å². The summed E-state index contributed by atoms with van der Waals surface area (Å²) in [6.45, 7) is 0.480. The number of azide groups is 1. The van der Waals surface area contributed by atoms with Gasteiger partial charge in [0.25, 0.3) is 0 Å². The standard InChI is InChI=1S/C11H11N7/c12-16-13-8-2-1-3-9-4-6-10(7-5-9)11-14-17-18-15-11/h1,3-7H,2,8H2,(H,14,15,17,18). The third-order valence-corrected chi connectivity index (χ3v) is 2.28. The monoisotopic (exact) mass is 241 g/mol. The maximum Gasteiger partial charge on any atom is 0.204 e. The van der Waals surface area contributed by atoms with Crippen LogP contribution in [-0.2, 0) is 0 Å². The van der Waals surface area contributed by atoms with Gasteiger partial charge in [0.15, 0.2) is 0 Å². The first-order valence-electron chi connectivity index (χ1n) is 5.41. The van der Waals surface area contributed by atoms with Crippen LogP contribution in [0.25, 0.3) is 27.9 Å². The van der Waals surface area contributed by atoms with Gasteiger partial charge in [-0.1, -0.05) is 41.5 Å². The molecule has 0 aliphatic carbocycles. The number of hydrogen-bond donors (Lipinski definition) is 1. The first-order valence-corrected chi connectivity index (χ1v) is 5.41. The topological polar surface area (TPSA) is 103 Å². The lowest BCUT2D eigenvalue weighted by Crippen LogP contribution is -1.81. The van der Waals surface area contributed by atoms with E-state index in [0.717, 1.165) is 17.5 Å². The summed E-state index contributed by atoms with van der Waals surface area (Å²) in [5.41, 5.74) is 10.1. The van der Waals surface area contributed by atoms with Crippen molar-refractivity contribution in [2.75, 3.05) is 6.54 Å². The van der Waals surface area contributed by atoms with Gasteiger partial charge in [-0.3, -0.25) is 0 Å². The molecule has 18 heavy (non-hydrogen) atoms. The number of aromatic nitrogens is 4. The molecule has 0 amide bonds. The molecule has 0 unspecified atom stereocenters. The molecule has 1 aromatic carbocycles. The van der Waals surface area contributed by atoms with Crippen LogP contribution in [0.2, 0.25) is 0 Å². The van der Waals surface area contributed by atoms with Gasteiger partial charge in [-0.25, -0.2) is 0 Å². The zero-order valence-corrected chi connectivity index (χ0v) is 9.56. The highest BCUT2D eigenvalue weighted by Gasteiger charge is 2.00. The average Bonchev–Trinajstić information content (AvgIpc) is 2.93. The smallest absolute Gasteiger partial charge is 0.177 e. The quantitative estimate of drug-likeness (QED) is 0.376. The highest BCUT2D eigenvalue weighted by Crippen LogP contribution is 2.14. The molecule has 0 bridgehead atoms. The first-order chi connectivity index (χ1) is 8.90. The molecule has 1 N–H and O–H groups in total. The Morgan fingerprint density at radius 3 is 2.83 bits per heavy atom. The molecular formula is C11H11N7. The highest BCUT2D eigenvalue weighted by atomic mass is 15.5. The molecule has 0 atom stereocenters. The van der Waals surface area contributed by atoms with Crippen molar-refractivity contribution in [3.63, 3.8) is 0 Å². The van der Waals surface area contributed by atoms with E-state index in [4.69, 9.17) is 5.53 Å². The molecule has 0 saturated heterocycles. The minimum absolute atomic E-state index is 0.480. The molecule has 7 nitrogen and oxygen atoms in total. The summed E-state index contributed by atoms with van der Waals surface area (Å²) in [6, 6.07) is 7.79. The Morgan fingerprint density at radius 2 is 2.17 bits per heavy atom. The number of aromatic amines is 1. The Morgan fingerprint density at radius 1 is 1.33 bits per heavy atom. The lowest BCUT2D eigenvalue weighted by atomic mass is 10.1. The molecule has 0 aliphatic rings. The van der Waals surface area contributed by atoms with E-state index in [2.05, 4.69) is 30.7 Å². The Labute approximate surface area is 103 Å². The van der Waals surface area contributed by atoms with Crippen LogP contribution in [0.15, 0.2) is 35.5 Å². The third-order valence-electron chi connectivity index (χ3n) is 2.28. The second kappa shape index (κ2) is 6.17. The minimum Gasteiger partial charge on any atom is -0.177 e. The van der Waals surface area contributed by atoms with Crippen LogP contribution >= 0.6 is 0 Å². The Hall–Kier alpha value is -2.66. The van der Waals surface area contributed by atoms with Gasteiger partial charge in [0.05, 0.1) is 0 Å². The molecule has 2 aromatic rings. The van der Waals surface area contributed by atoms with E-state index in [1.807, 2.05) is 36.4 Å². The van der Waals surface area contributed by atoms with Crippen molar-refractivity contribution >= 4 is 6.08 Å². The second-order valence-electron chi connectivity index (χ2n) is 3.50.